The molecule has 1 aromatic carbocycles. The monoisotopic (exact) mass is 530 g/mol. The second kappa shape index (κ2) is 12.0. The van der Waals surface area contributed by atoms with Crippen LogP contribution in [0.4, 0.5) is 33.2 Å². The number of anilines is 5. The summed E-state index contributed by atoms with van der Waals surface area (Å²) in [4.78, 5) is 25.2. The fraction of sp³-hybridized carbons (Fsp3) is 0.480. The minimum Gasteiger partial charge on any atom is -0.494 e. The molecule has 1 amide bonds. The number of carbonyl (C=O) groups is 1. The SMILES string of the molecule is C=CC(=O)Nc1cc(Nc2ncc(F)c(NC3CN(SC)C3)n2)c(OC)cc1N1CCC(N(C)C)CC1. The zero-order valence-corrected chi connectivity index (χ0v) is 22.6. The van der Waals surface area contributed by atoms with E-state index in [9.17, 15) is 9.18 Å². The van der Waals surface area contributed by atoms with Gasteiger partial charge in [0.25, 0.3) is 0 Å². The number of ether oxygens (including phenoxy) is 1. The van der Waals surface area contributed by atoms with Gasteiger partial charge in [0.15, 0.2) is 11.6 Å². The highest BCUT2D eigenvalue weighted by molar-refractivity contribution is 7.96. The molecule has 0 radical (unpaired) electrons. The van der Waals surface area contributed by atoms with Crippen molar-refractivity contribution in [2.75, 3.05) is 74.5 Å². The van der Waals surface area contributed by atoms with Gasteiger partial charge in [0.2, 0.25) is 11.9 Å². The van der Waals surface area contributed by atoms with E-state index >= 15 is 0 Å². The number of nitrogens with zero attached hydrogens (tertiary/aromatic N) is 5. The predicted molar refractivity (Wildman–Crippen MR) is 149 cm³/mol. The van der Waals surface area contributed by atoms with Crippen molar-refractivity contribution in [2.45, 2.75) is 24.9 Å². The molecule has 2 saturated heterocycles. The first-order chi connectivity index (χ1) is 17.8. The van der Waals surface area contributed by atoms with Crippen molar-refractivity contribution in [3.05, 3.63) is 36.8 Å². The Balaban J connectivity index is 1.58. The van der Waals surface area contributed by atoms with Gasteiger partial charge >= 0.3 is 0 Å². The third-order valence-electron chi connectivity index (χ3n) is 6.73. The van der Waals surface area contributed by atoms with Crippen LogP contribution in [0, 0.1) is 5.82 Å². The molecule has 0 bridgehead atoms. The van der Waals surface area contributed by atoms with Gasteiger partial charge in [0, 0.05) is 38.3 Å². The van der Waals surface area contributed by atoms with Crippen molar-refractivity contribution in [3.63, 3.8) is 0 Å². The highest BCUT2D eigenvalue weighted by Crippen LogP contribution is 2.39. The molecule has 4 rings (SSSR count). The maximum atomic E-state index is 14.4. The van der Waals surface area contributed by atoms with Gasteiger partial charge in [-0.15, -0.1) is 0 Å². The second-order valence-electron chi connectivity index (χ2n) is 9.33. The maximum absolute atomic E-state index is 14.4. The Bertz CT molecular complexity index is 1120. The molecule has 0 atom stereocenters. The fourth-order valence-electron chi connectivity index (χ4n) is 4.53. The number of piperidine rings is 1. The van der Waals surface area contributed by atoms with Crippen LogP contribution in [-0.2, 0) is 4.79 Å². The number of benzene rings is 1. The van der Waals surface area contributed by atoms with E-state index in [0.29, 0.717) is 23.2 Å². The molecule has 12 heteroatoms. The van der Waals surface area contributed by atoms with Gasteiger partial charge in [-0.05, 0) is 45.3 Å². The molecule has 1 aromatic heterocycles. The van der Waals surface area contributed by atoms with Gasteiger partial charge in [-0.25, -0.2) is 13.7 Å². The van der Waals surface area contributed by atoms with Crippen LogP contribution in [0.5, 0.6) is 5.75 Å². The Morgan fingerprint density at radius 3 is 2.62 bits per heavy atom. The van der Waals surface area contributed by atoms with Crippen molar-refractivity contribution < 1.29 is 13.9 Å². The number of amides is 1. The summed E-state index contributed by atoms with van der Waals surface area (Å²) < 4.78 is 22.3. The third kappa shape index (κ3) is 6.43. The molecule has 10 nitrogen and oxygen atoms in total. The lowest BCUT2D eigenvalue weighted by molar-refractivity contribution is -0.111. The fourth-order valence-corrected chi connectivity index (χ4v) is 5.18. The van der Waals surface area contributed by atoms with Crippen LogP contribution >= 0.6 is 11.9 Å². The van der Waals surface area contributed by atoms with E-state index in [1.165, 1.54) is 6.08 Å². The molecular formula is C25H35FN8O2S. The molecule has 2 aliphatic rings. The van der Waals surface area contributed by atoms with Crippen molar-refractivity contribution in [1.82, 2.24) is 19.2 Å². The van der Waals surface area contributed by atoms with Crippen molar-refractivity contribution in [2.24, 2.45) is 0 Å². The van der Waals surface area contributed by atoms with Gasteiger partial charge in [0.05, 0.1) is 36.4 Å². The lowest BCUT2D eigenvalue weighted by atomic mass is 10.0. The molecule has 0 unspecified atom stereocenters. The Labute approximate surface area is 221 Å². The normalized spacial score (nSPS) is 16.9. The molecule has 0 spiro atoms. The standard InChI is InChI=1S/C25H35FN8O2S/c1-6-23(35)29-19-11-20(22(36-4)12-21(19)33-9-7-17(8-10-33)32(2)3)30-25-27-13-18(26)24(31-25)28-16-14-34(15-16)37-5/h6,11-13,16-17H,1,7-10,14-15H2,2-5H3,(H,29,35)(H2,27,28,30,31). The number of nitrogens with one attached hydrogen (secondary N) is 3. The van der Waals surface area contributed by atoms with Gasteiger partial charge in [-0.2, -0.15) is 4.98 Å². The van der Waals surface area contributed by atoms with Gasteiger partial charge in [-0.3, -0.25) is 4.79 Å². The van der Waals surface area contributed by atoms with Crippen LogP contribution in [0.25, 0.3) is 0 Å². The smallest absolute Gasteiger partial charge is 0.247 e. The van der Waals surface area contributed by atoms with Crippen LogP contribution in [0.1, 0.15) is 12.8 Å². The molecule has 2 aliphatic heterocycles. The van der Waals surface area contributed by atoms with E-state index in [2.05, 4.69) is 60.7 Å². The number of hydrogen-bond donors (Lipinski definition) is 3. The maximum Gasteiger partial charge on any atom is 0.247 e. The molecule has 3 N–H and O–H groups in total. The van der Waals surface area contributed by atoms with Crippen LogP contribution in [0.2, 0.25) is 0 Å². The Hall–Kier alpha value is -3.09. The first-order valence-electron chi connectivity index (χ1n) is 12.2. The molecule has 0 saturated carbocycles. The Morgan fingerprint density at radius 1 is 1.27 bits per heavy atom. The summed E-state index contributed by atoms with van der Waals surface area (Å²) in [6.45, 7) is 6.89. The number of carbonyl (C=O) groups excluding carboxylic acids is 1. The molecule has 2 aromatic rings. The molecule has 37 heavy (non-hydrogen) atoms. The van der Waals surface area contributed by atoms with Crippen LogP contribution in [-0.4, -0.2) is 90.8 Å². The number of aromatic nitrogens is 2. The molecular weight excluding hydrogens is 495 g/mol. The van der Waals surface area contributed by atoms with E-state index in [0.717, 1.165) is 50.9 Å². The summed E-state index contributed by atoms with van der Waals surface area (Å²) in [6, 6.07) is 4.32. The molecule has 0 aliphatic carbocycles. The molecule has 200 valence electrons. The lowest BCUT2D eigenvalue weighted by Gasteiger charge is -2.37. The summed E-state index contributed by atoms with van der Waals surface area (Å²) in [7, 11) is 5.78. The third-order valence-corrected chi connectivity index (χ3v) is 7.55. The zero-order chi connectivity index (χ0) is 26.5. The summed E-state index contributed by atoms with van der Waals surface area (Å²) >= 11 is 1.66. The average molecular weight is 531 g/mol. The van der Waals surface area contributed by atoms with Crippen LogP contribution < -0.4 is 25.6 Å². The lowest BCUT2D eigenvalue weighted by Crippen LogP contribution is -2.51. The second-order valence-corrected chi connectivity index (χ2v) is 10.2. The van der Waals surface area contributed by atoms with Gasteiger partial charge in [-0.1, -0.05) is 18.5 Å². The van der Waals surface area contributed by atoms with Gasteiger partial charge in [0.1, 0.15) is 5.75 Å². The number of methoxy groups -OCH3 is 1. The largest absolute Gasteiger partial charge is 0.494 e. The molecule has 3 heterocycles. The predicted octanol–water partition coefficient (Wildman–Crippen LogP) is 3.40. The van der Waals surface area contributed by atoms with E-state index in [-0.39, 0.29) is 23.7 Å². The summed E-state index contributed by atoms with van der Waals surface area (Å²) in [5, 5.41) is 9.19. The number of rotatable bonds is 10. The highest BCUT2D eigenvalue weighted by Gasteiger charge is 2.28. The average Bonchev–Trinajstić information content (AvgIpc) is 2.87. The zero-order valence-electron chi connectivity index (χ0n) is 21.8. The Kier molecular flexibility index (Phi) is 8.72. The molecule has 2 fully saturated rings. The summed E-state index contributed by atoms with van der Waals surface area (Å²) in [6.07, 6.45) is 6.41. The minimum absolute atomic E-state index is 0.121. The van der Waals surface area contributed by atoms with Crippen LogP contribution in [0.3, 0.4) is 0 Å². The highest BCUT2D eigenvalue weighted by atomic mass is 32.2. The first kappa shape index (κ1) is 27.0. The first-order valence-corrected chi connectivity index (χ1v) is 13.4. The van der Waals surface area contributed by atoms with E-state index < -0.39 is 5.82 Å². The van der Waals surface area contributed by atoms with Crippen molar-refractivity contribution in [1.29, 1.82) is 0 Å². The number of hydrogen-bond acceptors (Lipinski definition) is 10. The van der Waals surface area contributed by atoms with Gasteiger partial charge < -0.3 is 30.5 Å². The van der Waals surface area contributed by atoms with E-state index in [1.807, 2.05) is 12.3 Å². The van der Waals surface area contributed by atoms with Crippen molar-refractivity contribution >= 4 is 46.7 Å². The number of halogens is 1. The quantitative estimate of drug-likeness (QED) is 0.313. The van der Waals surface area contributed by atoms with E-state index in [4.69, 9.17) is 4.74 Å². The van der Waals surface area contributed by atoms with Crippen molar-refractivity contribution in [3.8, 4) is 5.75 Å². The summed E-state index contributed by atoms with van der Waals surface area (Å²) in [5.41, 5.74) is 2.02. The topological polar surface area (TPSA) is 97.9 Å². The summed E-state index contributed by atoms with van der Waals surface area (Å²) in [5.74, 6) is 0.0744. The van der Waals surface area contributed by atoms with E-state index in [1.54, 1.807) is 25.1 Å². The van der Waals surface area contributed by atoms with Crippen LogP contribution in [0.15, 0.2) is 31.0 Å². The Morgan fingerprint density at radius 2 is 2.00 bits per heavy atom. The minimum atomic E-state index is -0.518.